The highest BCUT2D eigenvalue weighted by Crippen LogP contribution is 2.35. The molecule has 1 saturated heterocycles. The van der Waals surface area contributed by atoms with Crippen LogP contribution in [-0.2, 0) is 27.0 Å². The molecule has 186 valence electrons. The number of anilines is 1. The maximum atomic E-state index is 13.1. The molecule has 2 heterocycles. The molecule has 1 amide bonds. The number of rotatable bonds is 6. The van der Waals surface area contributed by atoms with Crippen molar-refractivity contribution in [2.24, 2.45) is 0 Å². The molecule has 0 radical (unpaired) electrons. The molecule has 0 bridgehead atoms. The fourth-order valence-corrected chi connectivity index (χ4v) is 4.13. The van der Waals surface area contributed by atoms with Crippen molar-refractivity contribution < 1.29 is 32.2 Å². The first-order chi connectivity index (χ1) is 15.9. The van der Waals surface area contributed by atoms with Gasteiger partial charge in [0.05, 0.1) is 28.9 Å². The molecule has 8 nitrogen and oxygen atoms in total. The SMILES string of the molecule is COc1cc(N2CCN(C(=O)Cn3nc(C(F)(F)F)c(Cl)c3C)C[C@@H]2COC(C)=O)ccc1Cl. The lowest BCUT2D eigenvalue weighted by atomic mass is 10.1. The van der Waals surface area contributed by atoms with Crippen molar-refractivity contribution in [2.75, 3.05) is 38.3 Å². The zero-order valence-electron chi connectivity index (χ0n) is 18.7. The second kappa shape index (κ2) is 10.3. The Morgan fingerprint density at radius 1 is 1.24 bits per heavy atom. The second-order valence-corrected chi connectivity index (χ2v) is 8.50. The van der Waals surface area contributed by atoms with Crippen LogP contribution in [-0.4, -0.2) is 65.9 Å². The number of aromatic nitrogens is 2. The number of hydrogen-bond donors (Lipinski definition) is 0. The van der Waals surface area contributed by atoms with Crippen LogP contribution in [0, 0.1) is 6.92 Å². The lowest BCUT2D eigenvalue weighted by Gasteiger charge is -2.42. The molecule has 1 atom stereocenters. The van der Waals surface area contributed by atoms with Gasteiger partial charge in [-0.1, -0.05) is 23.2 Å². The summed E-state index contributed by atoms with van der Waals surface area (Å²) in [5, 5.41) is 3.39. The average Bonchev–Trinajstić information content (AvgIpc) is 3.06. The topological polar surface area (TPSA) is 76.9 Å². The zero-order chi connectivity index (χ0) is 25.2. The Bertz CT molecular complexity index is 1080. The van der Waals surface area contributed by atoms with Gasteiger partial charge in [-0.3, -0.25) is 14.3 Å². The fourth-order valence-electron chi connectivity index (χ4n) is 3.69. The van der Waals surface area contributed by atoms with Gasteiger partial charge in [-0.05, 0) is 19.1 Å². The first kappa shape index (κ1) is 26.0. The number of ether oxygens (including phenoxy) is 2. The van der Waals surface area contributed by atoms with Crippen LogP contribution in [0.2, 0.25) is 10.0 Å². The number of esters is 1. The number of halogens is 5. The van der Waals surface area contributed by atoms with Crippen molar-refractivity contribution >= 4 is 40.8 Å². The fraction of sp³-hybridized carbons (Fsp3) is 0.476. The van der Waals surface area contributed by atoms with Crippen LogP contribution in [0.15, 0.2) is 18.2 Å². The minimum absolute atomic E-state index is 0.00883. The maximum absolute atomic E-state index is 13.1. The molecule has 1 aliphatic heterocycles. The summed E-state index contributed by atoms with van der Waals surface area (Å²) in [5.41, 5.74) is -0.422. The number of benzene rings is 1. The van der Waals surface area contributed by atoms with Crippen LogP contribution in [0.25, 0.3) is 0 Å². The van der Waals surface area contributed by atoms with Gasteiger partial charge in [0.2, 0.25) is 5.91 Å². The third-order valence-electron chi connectivity index (χ3n) is 5.47. The van der Waals surface area contributed by atoms with Crippen molar-refractivity contribution in [3.05, 3.63) is 39.6 Å². The molecular weight excluding hydrogens is 500 g/mol. The van der Waals surface area contributed by atoms with E-state index < -0.39 is 41.4 Å². The van der Waals surface area contributed by atoms with E-state index in [2.05, 4.69) is 5.10 Å². The summed E-state index contributed by atoms with van der Waals surface area (Å²) in [7, 11) is 1.49. The van der Waals surface area contributed by atoms with Crippen LogP contribution < -0.4 is 9.64 Å². The molecule has 0 aliphatic carbocycles. The van der Waals surface area contributed by atoms with E-state index in [0.29, 0.717) is 23.9 Å². The molecule has 0 spiro atoms. The van der Waals surface area contributed by atoms with Crippen LogP contribution in [0.5, 0.6) is 5.75 Å². The van der Waals surface area contributed by atoms with E-state index in [1.807, 2.05) is 4.90 Å². The van der Waals surface area contributed by atoms with Crippen molar-refractivity contribution in [3.8, 4) is 5.75 Å². The maximum Gasteiger partial charge on any atom is 0.436 e. The number of carbonyl (C=O) groups is 2. The summed E-state index contributed by atoms with van der Waals surface area (Å²) in [6.45, 7) is 3.11. The minimum Gasteiger partial charge on any atom is -0.495 e. The summed E-state index contributed by atoms with van der Waals surface area (Å²) < 4.78 is 50.7. The number of methoxy groups -OCH3 is 1. The van der Waals surface area contributed by atoms with Gasteiger partial charge in [-0.15, -0.1) is 0 Å². The predicted molar refractivity (Wildman–Crippen MR) is 119 cm³/mol. The number of alkyl halides is 3. The second-order valence-electron chi connectivity index (χ2n) is 7.71. The molecule has 1 fully saturated rings. The molecule has 3 rings (SSSR count). The largest absolute Gasteiger partial charge is 0.495 e. The lowest BCUT2D eigenvalue weighted by Crippen LogP contribution is -2.57. The summed E-state index contributed by atoms with van der Waals surface area (Å²) in [4.78, 5) is 27.8. The highest BCUT2D eigenvalue weighted by Gasteiger charge is 2.39. The molecular formula is C21H23Cl2F3N4O4. The third-order valence-corrected chi connectivity index (χ3v) is 6.23. The lowest BCUT2D eigenvalue weighted by molar-refractivity contribution is -0.143. The van der Waals surface area contributed by atoms with Gasteiger partial charge in [-0.25, -0.2) is 0 Å². The van der Waals surface area contributed by atoms with Crippen LogP contribution in [0.4, 0.5) is 18.9 Å². The molecule has 0 N–H and O–H groups in total. The van der Waals surface area contributed by atoms with Crippen LogP contribution in [0.3, 0.4) is 0 Å². The molecule has 1 aliphatic rings. The summed E-state index contributed by atoms with van der Waals surface area (Å²) in [6.07, 6.45) is -4.73. The van der Waals surface area contributed by atoms with E-state index in [0.717, 1.165) is 10.4 Å². The zero-order valence-corrected chi connectivity index (χ0v) is 20.2. The quantitative estimate of drug-likeness (QED) is 0.537. The van der Waals surface area contributed by atoms with Gasteiger partial charge in [0.25, 0.3) is 0 Å². The molecule has 0 unspecified atom stereocenters. The number of carbonyl (C=O) groups excluding carboxylic acids is 2. The van der Waals surface area contributed by atoms with E-state index in [1.54, 1.807) is 18.2 Å². The summed E-state index contributed by atoms with van der Waals surface area (Å²) in [5.74, 6) is -0.439. The molecule has 1 aromatic heterocycles. The van der Waals surface area contributed by atoms with E-state index in [9.17, 15) is 22.8 Å². The van der Waals surface area contributed by atoms with E-state index in [-0.39, 0.29) is 18.8 Å². The summed E-state index contributed by atoms with van der Waals surface area (Å²) in [6, 6.07) is 4.81. The van der Waals surface area contributed by atoms with Crippen molar-refractivity contribution in [1.82, 2.24) is 14.7 Å². The van der Waals surface area contributed by atoms with Crippen LogP contribution >= 0.6 is 23.2 Å². The van der Waals surface area contributed by atoms with Crippen molar-refractivity contribution in [3.63, 3.8) is 0 Å². The Balaban J connectivity index is 1.79. The molecule has 2 aromatic rings. The standard InChI is InChI=1S/C21H23Cl2F3N4O4/c1-12-19(23)20(21(24,25)26)27-30(12)10-18(32)28-6-7-29(15(9-28)11-34-13(2)31)14-4-5-16(22)17(8-14)33-3/h4-5,8,15H,6-7,9-11H2,1-3H3/t15-/m1/s1. The first-order valence-corrected chi connectivity index (χ1v) is 11.0. The number of amides is 1. The number of hydrogen-bond acceptors (Lipinski definition) is 6. The third kappa shape index (κ3) is 5.69. The van der Waals surface area contributed by atoms with Crippen molar-refractivity contribution in [1.29, 1.82) is 0 Å². The Labute approximate surface area is 204 Å². The van der Waals surface area contributed by atoms with E-state index in [1.165, 1.54) is 25.9 Å². The predicted octanol–water partition coefficient (Wildman–Crippen LogP) is 3.81. The van der Waals surface area contributed by atoms with Gasteiger partial charge < -0.3 is 19.3 Å². The Morgan fingerprint density at radius 3 is 2.53 bits per heavy atom. The first-order valence-electron chi connectivity index (χ1n) is 10.2. The average molecular weight is 523 g/mol. The van der Waals surface area contributed by atoms with E-state index in [4.69, 9.17) is 32.7 Å². The van der Waals surface area contributed by atoms with E-state index >= 15 is 0 Å². The van der Waals surface area contributed by atoms with Crippen LogP contribution in [0.1, 0.15) is 18.3 Å². The molecule has 13 heteroatoms. The van der Waals surface area contributed by atoms with Gasteiger partial charge in [0.15, 0.2) is 5.69 Å². The minimum atomic E-state index is -4.73. The number of piperazine rings is 1. The summed E-state index contributed by atoms with van der Waals surface area (Å²) >= 11 is 11.9. The van der Waals surface area contributed by atoms with Gasteiger partial charge in [0, 0.05) is 38.3 Å². The van der Waals surface area contributed by atoms with Gasteiger partial charge in [0.1, 0.15) is 18.9 Å². The highest BCUT2D eigenvalue weighted by atomic mass is 35.5. The Kier molecular flexibility index (Phi) is 7.87. The van der Waals surface area contributed by atoms with Gasteiger partial charge in [-0.2, -0.15) is 18.3 Å². The molecule has 1 aromatic carbocycles. The molecule has 34 heavy (non-hydrogen) atoms. The Hall–Kier alpha value is -2.66. The Morgan fingerprint density at radius 2 is 1.94 bits per heavy atom. The smallest absolute Gasteiger partial charge is 0.436 e. The normalized spacial score (nSPS) is 16.5. The highest BCUT2D eigenvalue weighted by molar-refractivity contribution is 6.32. The molecule has 0 saturated carbocycles. The van der Waals surface area contributed by atoms with Gasteiger partial charge >= 0.3 is 12.1 Å². The van der Waals surface area contributed by atoms with Crippen molar-refractivity contribution in [2.45, 2.75) is 32.6 Å². The monoisotopic (exact) mass is 522 g/mol. The number of nitrogens with zero attached hydrogens (tertiary/aromatic N) is 4.